The van der Waals surface area contributed by atoms with Gasteiger partial charge in [0.15, 0.2) is 0 Å². The van der Waals surface area contributed by atoms with Crippen LogP contribution in [0.15, 0.2) is 54.7 Å². The molecular weight excluding hydrogens is 500 g/mol. The number of nitrogens with zero attached hydrogens (tertiary/aromatic N) is 3. The highest BCUT2D eigenvalue weighted by molar-refractivity contribution is 6.30. The molecule has 1 fully saturated rings. The van der Waals surface area contributed by atoms with Gasteiger partial charge in [-0.05, 0) is 54.4 Å². The molecule has 6 nitrogen and oxygen atoms in total. The molecule has 9 heteroatoms. The number of aromatic nitrogens is 1. The van der Waals surface area contributed by atoms with E-state index in [1.807, 2.05) is 6.07 Å². The Morgan fingerprint density at radius 2 is 1.95 bits per heavy atom. The number of pyridine rings is 1. The zero-order chi connectivity index (χ0) is 26.4. The van der Waals surface area contributed by atoms with Gasteiger partial charge in [0.1, 0.15) is 23.2 Å². The molecule has 0 saturated carbocycles. The van der Waals surface area contributed by atoms with Crippen LogP contribution in [0.4, 0.5) is 8.78 Å². The minimum Gasteiger partial charge on any atom is -0.382 e. The number of fused-ring (bicyclic) bond motifs is 1. The summed E-state index contributed by atoms with van der Waals surface area (Å²) in [6.45, 7) is 1.64. The summed E-state index contributed by atoms with van der Waals surface area (Å²) < 4.78 is 36.9. The molecule has 1 aromatic heterocycles. The lowest BCUT2D eigenvalue weighted by atomic mass is 9.75. The summed E-state index contributed by atoms with van der Waals surface area (Å²) in [4.78, 5) is 19.5. The van der Waals surface area contributed by atoms with Crippen LogP contribution < -0.4 is 0 Å². The standard InChI is InChI=1S/C28H24ClF2N3O3/c1-27(36,28(31)8-10-37-11-9-28)19-12-22-24(23(30)13-19)25(18-3-5-20(29)6-4-18)34(26(22)35)16-21-7-2-17(14-32)15-33-21/h2-7,12-13,15,25,36H,8-11,16H2,1H3. The van der Waals surface area contributed by atoms with Crippen LogP contribution in [0.2, 0.25) is 5.02 Å². The molecule has 0 radical (unpaired) electrons. The predicted octanol–water partition coefficient (Wildman–Crippen LogP) is 5.22. The number of rotatable bonds is 5. The number of aliphatic hydroxyl groups is 1. The van der Waals surface area contributed by atoms with Gasteiger partial charge in [-0.2, -0.15) is 5.26 Å². The highest BCUT2D eigenvalue weighted by Crippen LogP contribution is 2.47. The van der Waals surface area contributed by atoms with Gasteiger partial charge in [-0.3, -0.25) is 9.78 Å². The Kier molecular flexibility index (Phi) is 6.48. The fraction of sp³-hybridized carbons (Fsp3) is 0.321. The van der Waals surface area contributed by atoms with E-state index in [1.54, 1.807) is 36.4 Å². The smallest absolute Gasteiger partial charge is 0.255 e. The number of ether oxygens (including phenoxy) is 1. The Morgan fingerprint density at radius 1 is 1.24 bits per heavy atom. The van der Waals surface area contributed by atoms with Crippen molar-refractivity contribution < 1.29 is 23.4 Å². The summed E-state index contributed by atoms with van der Waals surface area (Å²) in [5.74, 6) is -1.19. The molecule has 2 aliphatic rings. The molecule has 2 unspecified atom stereocenters. The summed E-state index contributed by atoms with van der Waals surface area (Å²) in [6.07, 6.45) is 1.32. The zero-order valence-electron chi connectivity index (χ0n) is 20.0. The highest BCUT2D eigenvalue weighted by atomic mass is 35.5. The number of carbonyl (C=O) groups is 1. The summed E-state index contributed by atoms with van der Waals surface area (Å²) in [5, 5.41) is 20.9. The number of carbonyl (C=O) groups excluding carboxylic acids is 1. The van der Waals surface area contributed by atoms with Crippen molar-refractivity contribution in [1.29, 1.82) is 5.26 Å². The van der Waals surface area contributed by atoms with E-state index < -0.39 is 29.0 Å². The van der Waals surface area contributed by atoms with Crippen molar-refractivity contribution in [3.05, 3.63) is 99.1 Å². The van der Waals surface area contributed by atoms with E-state index >= 15 is 8.78 Å². The highest BCUT2D eigenvalue weighted by Gasteiger charge is 2.51. The topological polar surface area (TPSA) is 86.5 Å². The van der Waals surface area contributed by atoms with Gasteiger partial charge in [-0.1, -0.05) is 23.7 Å². The SMILES string of the molecule is CC(O)(c1cc(F)c2c(c1)C(=O)N(Cc1ccc(C#N)cn1)C2c1ccc(Cl)cc1)C1(F)CCOCC1. The van der Waals surface area contributed by atoms with Crippen LogP contribution in [0, 0.1) is 17.1 Å². The van der Waals surface area contributed by atoms with Crippen molar-refractivity contribution in [3.63, 3.8) is 0 Å². The zero-order valence-corrected chi connectivity index (χ0v) is 20.8. The molecule has 190 valence electrons. The normalized spacial score (nSPS) is 20.3. The molecule has 2 aromatic carbocycles. The van der Waals surface area contributed by atoms with Gasteiger partial charge in [0.05, 0.1) is 23.8 Å². The van der Waals surface area contributed by atoms with Crippen LogP contribution in [0.25, 0.3) is 0 Å². The molecule has 5 rings (SSSR count). The molecule has 0 bridgehead atoms. The average molecular weight is 524 g/mol. The van der Waals surface area contributed by atoms with Crippen LogP contribution in [0.5, 0.6) is 0 Å². The fourth-order valence-corrected chi connectivity index (χ4v) is 5.26. The molecule has 1 saturated heterocycles. The van der Waals surface area contributed by atoms with E-state index in [2.05, 4.69) is 4.98 Å². The second kappa shape index (κ2) is 9.49. The number of amides is 1. The summed E-state index contributed by atoms with van der Waals surface area (Å²) in [6, 6.07) is 13.7. The molecule has 3 heterocycles. The minimum atomic E-state index is -2.04. The lowest BCUT2D eigenvalue weighted by molar-refractivity contribution is -0.143. The van der Waals surface area contributed by atoms with Gasteiger partial charge in [-0.15, -0.1) is 0 Å². The third kappa shape index (κ3) is 4.37. The molecule has 0 spiro atoms. The van der Waals surface area contributed by atoms with Crippen LogP contribution in [0.1, 0.15) is 64.1 Å². The Morgan fingerprint density at radius 3 is 2.57 bits per heavy atom. The van der Waals surface area contributed by atoms with Crippen molar-refractivity contribution in [3.8, 4) is 6.07 Å². The van der Waals surface area contributed by atoms with E-state index in [0.717, 1.165) is 6.07 Å². The quantitative estimate of drug-likeness (QED) is 0.495. The van der Waals surface area contributed by atoms with Gasteiger partial charge < -0.3 is 14.7 Å². The molecule has 1 N–H and O–H groups in total. The molecule has 1 amide bonds. The summed E-state index contributed by atoms with van der Waals surface area (Å²) in [7, 11) is 0. The van der Waals surface area contributed by atoms with Crippen molar-refractivity contribution in [1.82, 2.24) is 9.88 Å². The lowest BCUT2D eigenvalue weighted by Crippen LogP contribution is -2.50. The monoisotopic (exact) mass is 523 g/mol. The second-order valence-electron chi connectivity index (χ2n) is 9.61. The minimum absolute atomic E-state index is 0.00490. The number of benzene rings is 2. The van der Waals surface area contributed by atoms with E-state index in [0.29, 0.717) is 21.8 Å². The summed E-state index contributed by atoms with van der Waals surface area (Å²) >= 11 is 6.07. The van der Waals surface area contributed by atoms with Crippen molar-refractivity contribution in [2.24, 2.45) is 0 Å². The van der Waals surface area contributed by atoms with Crippen molar-refractivity contribution in [2.45, 2.75) is 43.6 Å². The maximum absolute atomic E-state index is 15.9. The van der Waals surface area contributed by atoms with Gasteiger partial charge in [-0.25, -0.2) is 8.78 Å². The Bertz CT molecular complexity index is 1380. The fourth-order valence-electron chi connectivity index (χ4n) is 5.14. The molecule has 2 aliphatic heterocycles. The first-order valence-electron chi connectivity index (χ1n) is 11.9. The first-order chi connectivity index (χ1) is 17.6. The van der Waals surface area contributed by atoms with E-state index in [4.69, 9.17) is 21.6 Å². The number of halogens is 3. The van der Waals surface area contributed by atoms with E-state index in [-0.39, 0.29) is 49.3 Å². The van der Waals surface area contributed by atoms with E-state index in [9.17, 15) is 9.90 Å². The Labute approximate surface area is 218 Å². The summed E-state index contributed by atoms with van der Waals surface area (Å²) in [5.41, 5.74) is -2.36. The molecule has 2 atom stereocenters. The van der Waals surface area contributed by atoms with Gasteiger partial charge in [0.25, 0.3) is 5.91 Å². The Hall–Kier alpha value is -3.38. The molecule has 0 aliphatic carbocycles. The van der Waals surface area contributed by atoms with Gasteiger partial charge >= 0.3 is 0 Å². The Balaban J connectivity index is 1.60. The first kappa shape index (κ1) is 25.3. The average Bonchev–Trinajstić information content (AvgIpc) is 3.17. The van der Waals surface area contributed by atoms with Crippen LogP contribution in [-0.2, 0) is 16.9 Å². The first-order valence-corrected chi connectivity index (χ1v) is 12.3. The van der Waals surface area contributed by atoms with Crippen LogP contribution in [0.3, 0.4) is 0 Å². The molecule has 37 heavy (non-hydrogen) atoms. The maximum atomic E-state index is 15.9. The molecular formula is C28H24ClF2N3O3. The van der Waals surface area contributed by atoms with E-state index in [1.165, 1.54) is 24.1 Å². The van der Waals surface area contributed by atoms with Crippen LogP contribution >= 0.6 is 11.6 Å². The molecule has 3 aromatic rings. The van der Waals surface area contributed by atoms with Gasteiger partial charge in [0.2, 0.25) is 0 Å². The number of nitriles is 1. The second-order valence-corrected chi connectivity index (χ2v) is 10.0. The number of alkyl halides is 1. The van der Waals surface area contributed by atoms with Crippen LogP contribution in [-0.4, -0.2) is 39.8 Å². The number of hydrogen-bond donors (Lipinski definition) is 1. The predicted molar refractivity (Wildman–Crippen MR) is 132 cm³/mol. The largest absolute Gasteiger partial charge is 0.382 e. The lowest BCUT2D eigenvalue weighted by Gasteiger charge is -2.41. The maximum Gasteiger partial charge on any atom is 0.255 e. The van der Waals surface area contributed by atoms with Gasteiger partial charge in [0, 0.05) is 48.4 Å². The number of hydrogen-bond acceptors (Lipinski definition) is 5. The van der Waals surface area contributed by atoms with Crippen molar-refractivity contribution in [2.75, 3.05) is 13.2 Å². The van der Waals surface area contributed by atoms with Crippen molar-refractivity contribution >= 4 is 17.5 Å². The third-order valence-corrected chi connectivity index (χ3v) is 7.65. The third-order valence-electron chi connectivity index (χ3n) is 7.40.